The summed E-state index contributed by atoms with van der Waals surface area (Å²) >= 11 is 0. The van der Waals surface area contributed by atoms with Crippen LogP contribution in [0.4, 0.5) is 0 Å². The monoisotopic (exact) mass is 299 g/mol. The molecule has 0 amide bonds. The van der Waals surface area contributed by atoms with E-state index in [2.05, 4.69) is 39.0 Å². The number of aromatic amines is 1. The number of ether oxygens (including phenoxy) is 1. The fourth-order valence-electron chi connectivity index (χ4n) is 3.62. The number of hydrogen-bond acceptors (Lipinski definition) is 3. The van der Waals surface area contributed by atoms with E-state index in [1.54, 1.807) is 0 Å². The number of likely N-dealkylation sites (tertiary alicyclic amines) is 1. The van der Waals surface area contributed by atoms with Crippen molar-refractivity contribution in [2.75, 3.05) is 39.4 Å². The second-order valence-electron chi connectivity index (χ2n) is 6.59. The van der Waals surface area contributed by atoms with E-state index < -0.39 is 0 Å². The van der Waals surface area contributed by atoms with Gasteiger partial charge in [0.2, 0.25) is 0 Å². The molecule has 0 bridgehead atoms. The third-order valence-corrected chi connectivity index (χ3v) is 4.84. The van der Waals surface area contributed by atoms with E-state index in [1.807, 2.05) is 0 Å². The van der Waals surface area contributed by atoms with Crippen molar-refractivity contribution in [2.45, 2.75) is 25.9 Å². The molecule has 2 aromatic rings. The second kappa shape index (κ2) is 6.41. The zero-order valence-corrected chi connectivity index (χ0v) is 13.2. The number of morpholine rings is 1. The van der Waals surface area contributed by atoms with Gasteiger partial charge in [-0.3, -0.25) is 9.80 Å². The summed E-state index contributed by atoms with van der Waals surface area (Å²) in [6.45, 7) is 8.42. The largest absolute Gasteiger partial charge is 0.379 e. The van der Waals surface area contributed by atoms with Crippen molar-refractivity contribution in [1.29, 1.82) is 0 Å². The highest BCUT2D eigenvalue weighted by Gasteiger charge is 2.14. The summed E-state index contributed by atoms with van der Waals surface area (Å²) in [5.41, 5.74) is 4.02. The van der Waals surface area contributed by atoms with E-state index >= 15 is 0 Å². The molecule has 2 aliphatic rings. The number of H-pyrrole nitrogens is 1. The minimum atomic E-state index is 0.867. The highest BCUT2D eigenvalue weighted by molar-refractivity contribution is 5.81. The van der Waals surface area contributed by atoms with Gasteiger partial charge in [-0.15, -0.1) is 0 Å². The lowest BCUT2D eigenvalue weighted by atomic mass is 10.1. The molecule has 4 nitrogen and oxygen atoms in total. The maximum atomic E-state index is 5.42. The van der Waals surface area contributed by atoms with Gasteiger partial charge in [-0.2, -0.15) is 0 Å². The Kier molecular flexibility index (Phi) is 4.15. The van der Waals surface area contributed by atoms with Crippen molar-refractivity contribution < 1.29 is 4.74 Å². The summed E-state index contributed by atoms with van der Waals surface area (Å²) in [6.07, 6.45) is 2.70. The van der Waals surface area contributed by atoms with Gasteiger partial charge in [0.1, 0.15) is 0 Å². The first kappa shape index (κ1) is 14.2. The summed E-state index contributed by atoms with van der Waals surface area (Å²) < 4.78 is 5.42. The highest BCUT2D eigenvalue weighted by atomic mass is 16.5. The van der Waals surface area contributed by atoms with Crippen molar-refractivity contribution in [2.24, 2.45) is 0 Å². The van der Waals surface area contributed by atoms with Gasteiger partial charge in [-0.1, -0.05) is 6.07 Å². The van der Waals surface area contributed by atoms with Crippen LogP contribution < -0.4 is 0 Å². The molecule has 0 atom stereocenters. The fourth-order valence-corrected chi connectivity index (χ4v) is 3.62. The van der Waals surface area contributed by atoms with Crippen molar-refractivity contribution in [3.63, 3.8) is 0 Å². The van der Waals surface area contributed by atoms with Crippen LogP contribution >= 0.6 is 0 Å². The SMILES string of the molecule is c1cc2[nH]c(CN3CCCC3)cc2cc1CN1CCOCC1. The summed E-state index contributed by atoms with van der Waals surface area (Å²) in [6, 6.07) is 9.16. The summed E-state index contributed by atoms with van der Waals surface area (Å²) in [4.78, 5) is 8.59. The van der Waals surface area contributed by atoms with Gasteiger partial charge in [0.15, 0.2) is 0 Å². The van der Waals surface area contributed by atoms with Gasteiger partial charge in [-0.05, 0) is 49.7 Å². The van der Waals surface area contributed by atoms with E-state index in [0.29, 0.717) is 0 Å². The molecule has 1 aromatic heterocycles. The van der Waals surface area contributed by atoms with Gasteiger partial charge in [0.25, 0.3) is 0 Å². The summed E-state index contributed by atoms with van der Waals surface area (Å²) in [7, 11) is 0. The van der Waals surface area contributed by atoms with Crippen LogP contribution in [0.2, 0.25) is 0 Å². The molecule has 1 N–H and O–H groups in total. The van der Waals surface area contributed by atoms with Crippen LogP contribution in [0.1, 0.15) is 24.1 Å². The molecular formula is C18H25N3O. The Bertz CT molecular complexity index is 624. The van der Waals surface area contributed by atoms with E-state index in [-0.39, 0.29) is 0 Å². The van der Waals surface area contributed by atoms with E-state index in [0.717, 1.165) is 39.4 Å². The molecule has 2 aliphatic heterocycles. The maximum absolute atomic E-state index is 5.42. The predicted molar refractivity (Wildman–Crippen MR) is 88.9 cm³/mol. The number of nitrogens with one attached hydrogen (secondary N) is 1. The zero-order valence-electron chi connectivity index (χ0n) is 13.2. The molecule has 0 radical (unpaired) electrons. The molecule has 2 fully saturated rings. The number of fused-ring (bicyclic) bond motifs is 1. The quantitative estimate of drug-likeness (QED) is 0.941. The molecule has 22 heavy (non-hydrogen) atoms. The summed E-state index contributed by atoms with van der Waals surface area (Å²) in [5.74, 6) is 0. The van der Waals surface area contributed by atoms with E-state index in [9.17, 15) is 0 Å². The van der Waals surface area contributed by atoms with Crippen LogP contribution in [0.25, 0.3) is 10.9 Å². The Labute approximate surface area is 132 Å². The Balaban J connectivity index is 1.47. The standard InChI is InChI=1S/C18H25N3O/c1-2-6-20(5-1)14-17-12-16-11-15(3-4-18(16)19-17)13-21-7-9-22-10-8-21/h3-4,11-12,19H,1-2,5-10,13-14H2. The molecule has 0 unspecified atom stereocenters. The lowest BCUT2D eigenvalue weighted by molar-refractivity contribution is 0.0342. The average molecular weight is 299 g/mol. The first-order valence-electron chi connectivity index (χ1n) is 8.50. The van der Waals surface area contributed by atoms with Crippen molar-refractivity contribution in [3.8, 4) is 0 Å². The Morgan fingerprint density at radius 1 is 0.909 bits per heavy atom. The van der Waals surface area contributed by atoms with Crippen molar-refractivity contribution in [1.82, 2.24) is 14.8 Å². The van der Waals surface area contributed by atoms with Crippen molar-refractivity contribution >= 4 is 10.9 Å². The van der Waals surface area contributed by atoms with Gasteiger partial charge >= 0.3 is 0 Å². The molecule has 118 valence electrons. The highest BCUT2D eigenvalue weighted by Crippen LogP contribution is 2.21. The van der Waals surface area contributed by atoms with Crippen LogP contribution in [0.5, 0.6) is 0 Å². The molecular weight excluding hydrogens is 274 g/mol. The Hall–Kier alpha value is -1.36. The van der Waals surface area contributed by atoms with Gasteiger partial charge in [0.05, 0.1) is 13.2 Å². The lowest BCUT2D eigenvalue weighted by Crippen LogP contribution is -2.35. The predicted octanol–water partition coefficient (Wildman–Crippen LogP) is 2.60. The fraction of sp³-hybridized carbons (Fsp3) is 0.556. The van der Waals surface area contributed by atoms with Gasteiger partial charge in [-0.25, -0.2) is 0 Å². The van der Waals surface area contributed by atoms with E-state index in [1.165, 1.54) is 48.1 Å². The lowest BCUT2D eigenvalue weighted by Gasteiger charge is -2.26. The summed E-state index contributed by atoms with van der Waals surface area (Å²) in [5, 5.41) is 1.35. The Morgan fingerprint density at radius 3 is 2.50 bits per heavy atom. The number of nitrogens with zero attached hydrogens (tertiary/aromatic N) is 2. The van der Waals surface area contributed by atoms with Crippen LogP contribution in [0.15, 0.2) is 24.3 Å². The normalized spacial score (nSPS) is 20.9. The Morgan fingerprint density at radius 2 is 1.68 bits per heavy atom. The minimum absolute atomic E-state index is 0.867. The molecule has 0 saturated carbocycles. The molecule has 4 heteroatoms. The number of hydrogen-bond donors (Lipinski definition) is 1. The number of benzene rings is 1. The van der Waals surface area contributed by atoms with Crippen LogP contribution in [0, 0.1) is 0 Å². The molecule has 2 saturated heterocycles. The van der Waals surface area contributed by atoms with E-state index in [4.69, 9.17) is 4.74 Å². The first-order chi connectivity index (χ1) is 10.9. The molecule has 4 rings (SSSR count). The molecule has 3 heterocycles. The third-order valence-electron chi connectivity index (χ3n) is 4.84. The third kappa shape index (κ3) is 3.19. The van der Waals surface area contributed by atoms with Crippen LogP contribution in [-0.2, 0) is 17.8 Å². The molecule has 0 aliphatic carbocycles. The molecule has 0 spiro atoms. The van der Waals surface area contributed by atoms with Crippen LogP contribution in [-0.4, -0.2) is 54.2 Å². The smallest absolute Gasteiger partial charge is 0.0594 e. The average Bonchev–Trinajstić information content (AvgIpc) is 3.17. The second-order valence-corrected chi connectivity index (χ2v) is 6.59. The number of rotatable bonds is 4. The van der Waals surface area contributed by atoms with Crippen molar-refractivity contribution in [3.05, 3.63) is 35.5 Å². The number of aromatic nitrogens is 1. The van der Waals surface area contributed by atoms with Gasteiger partial charge in [0, 0.05) is 42.8 Å². The molecule has 1 aromatic carbocycles. The maximum Gasteiger partial charge on any atom is 0.0594 e. The topological polar surface area (TPSA) is 31.5 Å². The van der Waals surface area contributed by atoms with Crippen LogP contribution in [0.3, 0.4) is 0 Å². The van der Waals surface area contributed by atoms with Gasteiger partial charge < -0.3 is 9.72 Å². The zero-order chi connectivity index (χ0) is 14.8. The minimum Gasteiger partial charge on any atom is -0.379 e. The first-order valence-corrected chi connectivity index (χ1v) is 8.50.